The molecule has 1 aliphatic carbocycles. The van der Waals surface area contributed by atoms with Gasteiger partial charge in [-0.1, -0.05) is 16.6 Å². The van der Waals surface area contributed by atoms with Gasteiger partial charge in [0.2, 0.25) is 0 Å². The van der Waals surface area contributed by atoms with Gasteiger partial charge in [-0.25, -0.2) is 4.39 Å². The number of hydrogen-bond acceptors (Lipinski definition) is 4. The van der Waals surface area contributed by atoms with Crippen LogP contribution in [0.1, 0.15) is 36.4 Å². The standard InChI is InChI=1S/C14H16FN3S/c15-12-3-1-2-10(6-12)11-4-5-13(7-11)16-8-14-9-19-18-17-14/h1-3,6,9,11,13,16H,4-5,7-8H2/t11-,13+/m0/s1. The van der Waals surface area contributed by atoms with E-state index < -0.39 is 0 Å². The number of benzene rings is 1. The van der Waals surface area contributed by atoms with Crippen molar-refractivity contribution in [2.75, 3.05) is 0 Å². The van der Waals surface area contributed by atoms with Crippen molar-refractivity contribution in [2.45, 2.75) is 37.8 Å². The molecule has 2 atom stereocenters. The van der Waals surface area contributed by atoms with Crippen LogP contribution in [0.2, 0.25) is 0 Å². The molecule has 1 aromatic carbocycles. The molecule has 100 valence electrons. The van der Waals surface area contributed by atoms with Gasteiger partial charge >= 0.3 is 0 Å². The summed E-state index contributed by atoms with van der Waals surface area (Å²) in [5, 5.41) is 9.50. The first kappa shape index (κ1) is 12.7. The summed E-state index contributed by atoms with van der Waals surface area (Å²) in [5.74, 6) is 0.337. The highest BCUT2D eigenvalue weighted by atomic mass is 32.1. The van der Waals surface area contributed by atoms with Crippen LogP contribution in [-0.2, 0) is 6.54 Å². The van der Waals surface area contributed by atoms with Crippen molar-refractivity contribution in [1.82, 2.24) is 14.9 Å². The highest BCUT2D eigenvalue weighted by molar-refractivity contribution is 7.03. The summed E-state index contributed by atoms with van der Waals surface area (Å²) >= 11 is 1.38. The average molecular weight is 277 g/mol. The minimum atomic E-state index is -0.137. The zero-order chi connectivity index (χ0) is 13.1. The molecule has 2 aromatic rings. The molecule has 1 N–H and O–H groups in total. The van der Waals surface area contributed by atoms with Gasteiger partial charge in [-0.2, -0.15) is 0 Å². The van der Waals surface area contributed by atoms with E-state index in [1.54, 1.807) is 12.1 Å². The van der Waals surface area contributed by atoms with Crippen LogP contribution in [0.4, 0.5) is 4.39 Å². The van der Waals surface area contributed by atoms with Crippen molar-refractivity contribution in [3.63, 3.8) is 0 Å². The summed E-state index contributed by atoms with van der Waals surface area (Å²) < 4.78 is 17.1. The molecular weight excluding hydrogens is 261 g/mol. The molecule has 0 saturated heterocycles. The quantitative estimate of drug-likeness (QED) is 0.933. The predicted octanol–water partition coefficient (Wildman–Crippen LogP) is 3.10. The fourth-order valence-electron chi connectivity index (χ4n) is 2.74. The Morgan fingerprint density at radius 3 is 3.11 bits per heavy atom. The molecule has 3 nitrogen and oxygen atoms in total. The van der Waals surface area contributed by atoms with Crippen molar-refractivity contribution >= 4 is 11.5 Å². The number of rotatable bonds is 4. The summed E-state index contributed by atoms with van der Waals surface area (Å²) in [7, 11) is 0. The molecule has 1 aliphatic rings. The lowest BCUT2D eigenvalue weighted by atomic mass is 9.97. The summed E-state index contributed by atoms with van der Waals surface area (Å²) in [6.07, 6.45) is 3.33. The minimum absolute atomic E-state index is 0.137. The van der Waals surface area contributed by atoms with E-state index in [-0.39, 0.29) is 5.82 Å². The second-order valence-corrected chi connectivity index (χ2v) is 5.65. The fourth-order valence-corrected chi connectivity index (χ4v) is 3.19. The third-order valence-corrected chi connectivity index (χ3v) is 4.28. The van der Waals surface area contributed by atoms with Crippen LogP contribution in [0.3, 0.4) is 0 Å². The van der Waals surface area contributed by atoms with Gasteiger partial charge in [0.1, 0.15) is 5.82 Å². The molecule has 0 aliphatic heterocycles. The highest BCUT2D eigenvalue weighted by Crippen LogP contribution is 2.34. The van der Waals surface area contributed by atoms with Gasteiger partial charge in [0, 0.05) is 18.0 Å². The first-order chi connectivity index (χ1) is 9.31. The Balaban J connectivity index is 1.55. The maximum Gasteiger partial charge on any atom is 0.123 e. The second-order valence-electron chi connectivity index (χ2n) is 5.04. The average Bonchev–Trinajstić information content (AvgIpc) is 3.08. The first-order valence-corrected chi connectivity index (χ1v) is 7.39. The molecule has 0 unspecified atom stereocenters. The van der Waals surface area contributed by atoms with Crippen molar-refractivity contribution < 1.29 is 4.39 Å². The molecule has 0 radical (unpaired) electrons. The lowest BCUT2D eigenvalue weighted by molar-refractivity contribution is 0.512. The number of aromatic nitrogens is 2. The van der Waals surface area contributed by atoms with Gasteiger partial charge in [-0.15, -0.1) is 5.10 Å². The molecule has 3 rings (SSSR count). The zero-order valence-corrected chi connectivity index (χ0v) is 11.4. The molecule has 0 amide bonds. The Morgan fingerprint density at radius 2 is 2.32 bits per heavy atom. The van der Waals surface area contributed by atoms with Crippen molar-refractivity contribution in [3.05, 3.63) is 46.7 Å². The molecular formula is C14H16FN3S. The number of nitrogens with zero attached hydrogens (tertiary/aromatic N) is 2. The Hall–Kier alpha value is -1.33. The monoisotopic (exact) mass is 277 g/mol. The largest absolute Gasteiger partial charge is 0.308 e. The Labute approximate surface area is 116 Å². The maximum atomic E-state index is 13.2. The van der Waals surface area contributed by atoms with Crippen LogP contribution < -0.4 is 5.32 Å². The number of nitrogens with one attached hydrogen (secondary N) is 1. The zero-order valence-electron chi connectivity index (χ0n) is 10.6. The lowest BCUT2D eigenvalue weighted by Crippen LogP contribution is -2.25. The first-order valence-electron chi connectivity index (χ1n) is 6.56. The summed E-state index contributed by atoms with van der Waals surface area (Å²) in [4.78, 5) is 0. The third-order valence-electron chi connectivity index (χ3n) is 3.73. The predicted molar refractivity (Wildman–Crippen MR) is 73.5 cm³/mol. The van der Waals surface area contributed by atoms with Gasteiger partial charge in [0.25, 0.3) is 0 Å². The van der Waals surface area contributed by atoms with Gasteiger partial charge in [-0.05, 0) is 54.4 Å². The van der Waals surface area contributed by atoms with E-state index in [4.69, 9.17) is 0 Å². The van der Waals surface area contributed by atoms with E-state index in [2.05, 4.69) is 14.9 Å². The molecule has 1 saturated carbocycles. The lowest BCUT2D eigenvalue weighted by Gasteiger charge is -2.12. The molecule has 0 spiro atoms. The third kappa shape index (κ3) is 3.16. The molecule has 5 heteroatoms. The summed E-state index contributed by atoms with van der Waals surface area (Å²) in [6.45, 7) is 0.775. The van der Waals surface area contributed by atoms with E-state index in [0.29, 0.717) is 12.0 Å². The number of halogens is 1. The normalized spacial score (nSPS) is 22.8. The summed E-state index contributed by atoms with van der Waals surface area (Å²) in [5.41, 5.74) is 2.12. The van der Waals surface area contributed by atoms with Crippen LogP contribution in [-0.4, -0.2) is 15.6 Å². The fraction of sp³-hybridized carbons (Fsp3) is 0.429. The Kier molecular flexibility index (Phi) is 3.84. The van der Waals surface area contributed by atoms with Crippen LogP contribution >= 0.6 is 11.5 Å². The van der Waals surface area contributed by atoms with Crippen LogP contribution in [0.5, 0.6) is 0 Å². The molecule has 1 fully saturated rings. The molecule has 1 heterocycles. The van der Waals surface area contributed by atoms with Gasteiger partial charge in [-0.3, -0.25) is 0 Å². The maximum absolute atomic E-state index is 13.2. The summed E-state index contributed by atoms with van der Waals surface area (Å²) in [6, 6.07) is 7.49. The number of hydrogen-bond donors (Lipinski definition) is 1. The van der Waals surface area contributed by atoms with E-state index in [1.807, 2.05) is 11.4 Å². The minimum Gasteiger partial charge on any atom is -0.308 e. The Bertz CT molecular complexity index is 529. The van der Waals surface area contributed by atoms with Gasteiger partial charge in [0.05, 0.1) is 5.69 Å². The van der Waals surface area contributed by atoms with Crippen molar-refractivity contribution in [2.24, 2.45) is 0 Å². The smallest absolute Gasteiger partial charge is 0.123 e. The van der Waals surface area contributed by atoms with Crippen LogP contribution in [0.15, 0.2) is 29.6 Å². The van der Waals surface area contributed by atoms with Crippen molar-refractivity contribution in [3.8, 4) is 0 Å². The Morgan fingerprint density at radius 1 is 1.37 bits per heavy atom. The van der Waals surface area contributed by atoms with Crippen molar-refractivity contribution in [1.29, 1.82) is 0 Å². The van der Waals surface area contributed by atoms with Crippen LogP contribution in [0, 0.1) is 5.82 Å². The molecule has 19 heavy (non-hydrogen) atoms. The van der Waals surface area contributed by atoms with E-state index in [9.17, 15) is 4.39 Å². The van der Waals surface area contributed by atoms with Gasteiger partial charge in [0.15, 0.2) is 0 Å². The SMILES string of the molecule is Fc1cccc([C@H]2CC[C@@H](NCc3csnn3)C2)c1. The van der Waals surface area contributed by atoms with Crippen LogP contribution in [0.25, 0.3) is 0 Å². The van der Waals surface area contributed by atoms with E-state index in [1.165, 1.54) is 17.6 Å². The van der Waals surface area contributed by atoms with E-state index >= 15 is 0 Å². The molecule has 0 bridgehead atoms. The van der Waals surface area contributed by atoms with Gasteiger partial charge < -0.3 is 5.32 Å². The highest BCUT2D eigenvalue weighted by Gasteiger charge is 2.25. The second kappa shape index (κ2) is 5.75. The van der Waals surface area contributed by atoms with E-state index in [0.717, 1.165) is 37.1 Å². The topological polar surface area (TPSA) is 37.8 Å². The molecule has 1 aromatic heterocycles.